The van der Waals surface area contributed by atoms with Crippen molar-refractivity contribution in [1.82, 2.24) is 19.3 Å². The van der Waals surface area contributed by atoms with Crippen molar-refractivity contribution < 1.29 is 0 Å². The summed E-state index contributed by atoms with van der Waals surface area (Å²) in [6.07, 6.45) is 5.96. The lowest BCUT2D eigenvalue weighted by Crippen LogP contribution is -2.19. The van der Waals surface area contributed by atoms with Crippen LogP contribution in [0, 0.1) is 5.92 Å². The first-order chi connectivity index (χ1) is 9.65. The van der Waals surface area contributed by atoms with Crippen LogP contribution in [0.3, 0.4) is 0 Å². The Hall–Kier alpha value is -1.03. The normalized spacial score (nSPS) is 23.6. The Bertz CT molecular complexity index is 605. The van der Waals surface area contributed by atoms with Crippen molar-refractivity contribution in [1.29, 1.82) is 0 Å². The number of halogens is 1. The molecule has 1 aliphatic carbocycles. The molecule has 2 aromatic heterocycles. The molecule has 0 bridgehead atoms. The molecule has 0 N–H and O–H groups in total. The molecule has 1 aliphatic rings. The lowest BCUT2D eigenvalue weighted by Gasteiger charge is -2.28. The molecule has 0 spiro atoms. The van der Waals surface area contributed by atoms with Gasteiger partial charge in [0.1, 0.15) is 11.3 Å². The summed E-state index contributed by atoms with van der Waals surface area (Å²) in [5.41, 5.74) is 3.28. The van der Waals surface area contributed by atoms with E-state index in [0.717, 1.165) is 35.0 Å². The van der Waals surface area contributed by atoms with Crippen LogP contribution < -0.4 is 0 Å². The summed E-state index contributed by atoms with van der Waals surface area (Å²) in [6.45, 7) is 4.48. The second kappa shape index (κ2) is 5.40. The van der Waals surface area contributed by atoms with E-state index >= 15 is 0 Å². The van der Waals surface area contributed by atoms with Crippen molar-refractivity contribution >= 4 is 22.8 Å². The lowest BCUT2D eigenvalue weighted by molar-refractivity contribution is 0.288. The molecule has 5 heteroatoms. The molecule has 1 fully saturated rings. The van der Waals surface area contributed by atoms with E-state index < -0.39 is 0 Å². The number of nitrogens with zero attached hydrogens (tertiary/aromatic N) is 4. The van der Waals surface area contributed by atoms with Gasteiger partial charge in [-0.25, -0.2) is 4.98 Å². The first-order valence-electron chi connectivity index (χ1n) is 7.64. The summed E-state index contributed by atoms with van der Waals surface area (Å²) in [5.74, 6) is 2.33. The van der Waals surface area contributed by atoms with Gasteiger partial charge in [-0.05, 0) is 38.0 Å². The molecule has 0 aromatic carbocycles. The molecule has 20 heavy (non-hydrogen) atoms. The van der Waals surface area contributed by atoms with E-state index in [9.17, 15) is 0 Å². The monoisotopic (exact) mass is 294 g/mol. The molecular formula is C15H23ClN4. The van der Waals surface area contributed by atoms with Gasteiger partial charge >= 0.3 is 0 Å². The molecule has 0 saturated heterocycles. The SMILES string of the molecule is CCc1nn(C)c2c1nc(CCl)n2C1CCC(C)CC1. The number of hydrogen-bond donors (Lipinski definition) is 0. The maximum absolute atomic E-state index is 6.14. The summed E-state index contributed by atoms with van der Waals surface area (Å²) in [6, 6.07) is 0.532. The van der Waals surface area contributed by atoms with Gasteiger partial charge in [-0.3, -0.25) is 4.68 Å². The average molecular weight is 295 g/mol. The highest BCUT2D eigenvalue weighted by molar-refractivity contribution is 6.16. The van der Waals surface area contributed by atoms with Gasteiger partial charge in [-0.1, -0.05) is 13.8 Å². The van der Waals surface area contributed by atoms with E-state index in [1.165, 1.54) is 25.7 Å². The third-order valence-electron chi connectivity index (χ3n) is 4.61. The second-order valence-electron chi connectivity index (χ2n) is 6.04. The molecule has 110 valence electrons. The Balaban J connectivity index is 2.10. The van der Waals surface area contributed by atoms with E-state index in [2.05, 4.69) is 23.5 Å². The summed E-state index contributed by atoms with van der Waals surface area (Å²) < 4.78 is 4.34. The van der Waals surface area contributed by atoms with Crippen LogP contribution in [-0.2, 0) is 19.3 Å². The first kappa shape index (κ1) is 13.9. The highest BCUT2D eigenvalue weighted by Crippen LogP contribution is 2.35. The van der Waals surface area contributed by atoms with Crippen LogP contribution in [0.1, 0.15) is 57.1 Å². The molecule has 1 saturated carbocycles. The van der Waals surface area contributed by atoms with Crippen molar-refractivity contribution in [2.45, 2.75) is 57.9 Å². The van der Waals surface area contributed by atoms with Gasteiger partial charge in [0.05, 0.1) is 11.6 Å². The predicted molar refractivity (Wildman–Crippen MR) is 82.1 cm³/mol. The number of imidazole rings is 1. The van der Waals surface area contributed by atoms with Crippen LogP contribution in [0.15, 0.2) is 0 Å². The zero-order valence-electron chi connectivity index (χ0n) is 12.6. The third-order valence-corrected chi connectivity index (χ3v) is 4.85. The van der Waals surface area contributed by atoms with Gasteiger partial charge < -0.3 is 4.57 Å². The largest absolute Gasteiger partial charge is 0.309 e. The maximum atomic E-state index is 6.14. The van der Waals surface area contributed by atoms with Crippen LogP contribution in [0.25, 0.3) is 11.2 Å². The molecule has 2 heterocycles. The van der Waals surface area contributed by atoms with Crippen LogP contribution >= 0.6 is 11.6 Å². The summed E-state index contributed by atoms with van der Waals surface area (Å²) in [4.78, 5) is 4.76. The van der Waals surface area contributed by atoms with Crippen molar-refractivity contribution in [2.75, 3.05) is 0 Å². The minimum absolute atomic E-state index is 0.476. The Morgan fingerprint density at radius 1 is 1.25 bits per heavy atom. The number of fused-ring (bicyclic) bond motifs is 1. The van der Waals surface area contributed by atoms with Crippen molar-refractivity contribution in [2.24, 2.45) is 13.0 Å². The van der Waals surface area contributed by atoms with Crippen LogP contribution in [0.5, 0.6) is 0 Å². The van der Waals surface area contributed by atoms with Crippen molar-refractivity contribution in [3.63, 3.8) is 0 Å². The van der Waals surface area contributed by atoms with Gasteiger partial charge in [-0.2, -0.15) is 5.10 Å². The number of alkyl halides is 1. The molecule has 0 aliphatic heterocycles. The predicted octanol–water partition coefficient (Wildman–Crippen LogP) is 3.82. The molecule has 0 amide bonds. The molecular weight excluding hydrogens is 272 g/mol. The zero-order valence-corrected chi connectivity index (χ0v) is 13.3. The number of rotatable bonds is 3. The highest BCUT2D eigenvalue weighted by atomic mass is 35.5. The van der Waals surface area contributed by atoms with Gasteiger partial charge in [-0.15, -0.1) is 11.6 Å². The first-order valence-corrected chi connectivity index (χ1v) is 8.17. The number of hydrogen-bond acceptors (Lipinski definition) is 2. The van der Waals surface area contributed by atoms with E-state index in [1.54, 1.807) is 0 Å². The Labute approximate surface area is 125 Å². The summed E-state index contributed by atoms with van der Waals surface area (Å²) in [5, 5.41) is 4.60. The zero-order chi connectivity index (χ0) is 14.3. The molecule has 0 atom stereocenters. The Morgan fingerprint density at radius 2 is 1.95 bits per heavy atom. The van der Waals surface area contributed by atoms with E-state index in [1.807, 2.05) is 11.7 Å². The third kappa shape index (κ3) is 2.14. The minimum atomic E-state index is 0.476. The minimum Gasteiger partial charge on any atom is -0.309 e. The smallest absolute Gasteiger partial charge is 0.158 e. The maximum Gasteiger partial charge on any atom is 0.158 e. The molecule has 3 rings (SSSR count). The van der Waals surface area contributed by atoms with E-state index in [-0.39, 0.29) is 0 Å². The topological polar surface area (TPSA) is 35.6 Å². The van der Waals surface area contributed by atoms with Gasteiger partial charge in [0, 0.05) is 13.1 Å². The Morgan fingerprint density at radius 3 is 2.55 bits per heavy atom. The van der Waals surface area contributed by atoms with Crippen LogP contribution in [0.2, 0.25) is 0 Å². The van der Waals surface area contributed by atoms with E-state index in [4.69, 9.17) is 16.6 Å². The van der Waals surface area contributed by atoms with Gasteiger partial charge in [0.15, 0.2) is 5.65 Å². The Kier molecular flexibility index (Phi) is 3.76. The summed E-state index contributed by atoms with van der Waals surface area (Å²) >= 11 is 6.14. The summed E-state index contributed by atoms with van der Waals surface area (Å²) in [7, 11) is 2.02. The fourth-order valence-electron chi connectivity index (χ4n) is 3.46. The fraction of sp³-hybridized carbons (Fsp3) is 0.733. The van der Waals surface area contributed by atoms with Crippen molar-refractivity contribution in [3.8, 4) is 0 Å². The molecule has 2 aromatic rings. The average Bonchev–Trinajstić information content (AvgIpc) is 2.97. The lowest BCUT2D eigenvalue weighted by atomic mass is 9.87. The standard InChI is InChI=1S/C15H23ClN4/c1-4-12-14-15(19(3)18-12)20(13(9-16)17-14)11-7-5-10(2)6-8-11/h10-11H,4-9H2,1-3H3. The van der Waals surface area contributed by atoms with Gasteiger partial charge in [0.2, 0.25) is 0 Å². The molecule has 0 unspecified atom stereocenters. The van der Waals surface area contributed by atoms with Crippen molar-refractivity contribution in [3.05, 3.63) is 11.5 Å². The highest BCUT2D eigenvalue weighted by Gasteiger charge is 2.26. The van der Waals surface area contributed by atoms with Crippen LogP contribution in [0.4, 0.5) is 0 Å². The number of aromatic nitrogens is 4. The molecule has 4 nitrogen and oxygen atoms in total. The number of aryl methyl sites for hydroxylation is 2. The van der Waals surface area contributed by atoms with E-state index in [0.29, 0.717) is 11.9 Å². The second-order valence-corrected chi connectivity index (χ2v) is 6.31. The molecule has 0 radical (unpaired) electrons. The van der Waals surface area contributed by atoms with Gasteiger partial charge in [0.25, 0.3) is 0 Å². The van der Waals surface area contributed by atoms with Crippen LogP contribution in [-0.4, -0.2) is 19.3 Å². The quantitative estimate of drug-likeness (QED) is 0.807. The fourth-order valence-corrected chi connectivity index (χ4v) is 3.65.